The Morgan fingerprint density at radius 3 is 2.36 bits per heavy atom. The van der Waals surface area contributed by atoms with Gasteiger partial charge < -0.3 is 26.0 Å². The van der Waals surface area contributed by atoms with E-state index >= 15 is 0 Å². The molecule has 184 valence electrons. The van der Waals surface area contributed by atoms with Gasteiger partial charge in [0.1, 0.15) is 11.8 Å². The monoisotopic (exact) mass is 478 g/mol. The lowest BCUT2D eigenvalue weighted by atomic mass is 9.94. The summed E-state index contributed by atoms with van der Waals surface area (Å²) in [5.41, 5.74) is 6.96. The maximum atomic E-state index is 12.9. The number of nitrogens with one attached hydrogen (secondary N) is 2. The molecule has 8 nitrogen and oxygen atoms in total. The van der Waals surface area contributed by atoms with Gasteiger partial charge in [0.05, 0.1) is 13.2 Å². The number of ether oxygens (including phenoxy) is 1. The molecule has 1 saturated heterocycles. The number of amides is 3. The Morgan fingerprint density at radius 2 is 1.82 bits per heavy atom. The van der Waals surface area contributed by atoms with Gasteiger partial charge in [-0.25, -0.2) is 0 Å². The van der Waals surface area contributed by atoms with Crippen LogP contribution < -0.4 is 21.1 Å². The molecule has 1 aliphatic rings. The zero-order chi connectivity index (χ0) is 24.4. The van der Waals surface area contributed by atoms with Crippen molar-refractivity contribution in [3.05, 3.63) is 29.8 Å². The van der Waals surface area contributed by atoms with Gasteiger partial charge in [0.2, 0.25) is 17.7 Å². The molecule has 0 aromatic heterocycles. The van der Waals surface area contributed by atoms with Crippen molar-refractivity contribution in [2.24, 2.45) is 17.6 Å². The van der Waals surface area contributed by atoms with E-state index in [1.165, 1.54) is 0 Å². The van der Waals surface area contributed by atoms with Gasteiger partial charge in [-0.05, 0) is 54.9 Å². The number of nitrogens with zero attached hydrogens (tertiary/aromatic N) is 1. The minimum absolute atomic E-state index is 0.0409. The number of carbonyl (C=O) groups excluding carboxylic acids is 3. The van der Waals surface area contributed by atoms with Crippen LogP contribution in [0.1, 0.15) is 38.7 Å². The number of hydrogen-bond acceptors (Lipinski definition) is 6. The second kappa shape index (κ2) is 13.4. The normalized spacial score (nSPS) is 16.2. The summed E-state index contributed by atoms with van der Waals surface area (Å²) in [4.78, 5) is 39.9. The predicted molar refractivity (Wildman–Crippen MR) is 132 cm³/mol. The molecule has 0 saturated carbocycles. The average Bonchev–Trinajstić information content (AvgIpc) is 2.83. The summed E-state index contributed by atoms with van der Waals surface area (Å²) in [6, 6.07) is 6.37. The second-order valence-corrected chi connectivity index (χ2v) is 9.77. The molecule has 0 aliphatic carbocycles. The summed E-state index contributed by atoms with van der Waals surface area (Å²) in [6.07, 6.45) is 3.80. The van der Waals surface area contributed by atoms with E-state index < -0.39 is 12.1 Å². The quantitative estimate of drug-likeness (QED) is 0.447. The predicted octanol–water partition coefficient (Wildman–Crippen LogP) is 1.77. The molecule has 3 amide bonds. The van der Waals surface area contributed by atoms with E-state index in [1.54, 1.807) is 23.8 Å². The Bertz CT molecular complexity index is 779. The van der Waals surface area contributed by atoms with E-state index in [2.05, 4.69) is 10.6 Å². The number of piperidine rings is 1. The molecular formula is C24H38N4O4S. The van der Waals surface area contributed by atoms with Gasteiger partial charge in [-0.1, -0.05) is 26.0 Å². The minimum Gasteiger partial charge on any atom is -0.497 e. The van der Waals surface area contributed by atoms with E-state index in [9.17, 15) is 14.4 Å². The van der Waals surface area contributed by atoms with Crippen molar-refractivity contribution in [2.75, 3.05) is 32.2 Å². The van der Waals surface area contributed by atoms with Gasteiger partial charge in [-0.2, -0.15) is 11.8 Å². The van der Waals surface area contributed by atoms with Gasteiger partial charge in [0.25, 0.3) is 0 Å². The van der Waals surface area contributed by atoms with Gasteiger partial charge in [0, 0.05) is 25.6 Å². The van der Waals surface area contributed by atoms with E-state index in [0.717, 1.165) is 17.1 Å². The lowest BCUT2D eigenvalue weighted by Crippen LogP contribution is -2.53. The van der Waals surface area contributed by atoms with E-state index in [1.807, 2.05) is 44.4 Å². The molecule has 0 unspecified atom stereocenters. The number of thioether (sulfide) groups is 1. The van der Waals surface area contributed by atoms with Crippen molar-refractivity contribution < 1.29 is 19.1 Å². The van der Waals surface area contributed by atoms with Crippen LogP contribution in [0, 0.1) is 11.8 Å². The molecule has 9 heteroatoms. The maximum absolute atomic E-state index is 12.9. The number of hydrogen-bond donors (Lipinski definition) is 3. The van der Waals surface area contributed by atoms with Crippen LogP contribution in [0.5, 0.6) is 5.75 Å². The molecule has 1 aliphatic heterocycles. The summed E-state index contributed by atoms with van der Waals surface area (Å²) < 4.78 is 5.15. The number of rotatable bonds is 11. The first-order valence-electron chi connectivity index (χ1n) is 11.5. The van der Waals surface area contributed by atoms with Crippen LogP contribution in [0.25, 0.3) is 0 Å². The van der Waals surface area contributed by atoms with Gasteiger partial charge in [-0.15, -0.1) is 0 Å². The molecule has 1 aromatic carbocycles. The van der Waals surface area contributed by atoms with Crippen LogP contribution in [-0.4, -0.2) is 66.9 Å². The highest BCUT2D eigenvalue weighted by molar-refractivity contribution is 7.98. The fraction of sp³-hybridized carbons (Fsp3) is 0.625. The maximum Gasteiger partial charge on any atom is 0.243 e. The number of methoxy groups -OCH3 is 1. The van der Waals surface area contributed by atoms with Crippen LogP contribution in [-0.2, 0) is 20.9 Å². The average molecular weight is 479 g/mol. The molecule has 1 fully saturated rings. The summed E-state index contributed by atoms with van der Waals surface area (Å²) in [5.74, 6) is 0.956. The third-order valence-corrected chi connectivity index (χ3v) is 6.64. The molecule has 4 N–H and O–H groups in total. The van der Waals surface area contributed by atoms with Crippen LogP contribution in [0.4, 0.5) is 0 Å². The minimum atomic E-state index is -0.615. The highest BCUT2D eigenvalue weighted by Crippen LogP contribution is 2.19. The zero-order valence-corrected chi connectivity index (χ0v) is 21.0. The van der Waals surface area contributed by atoms with Crippen molar-refractivity contribution in [3.8, 4) is 5.75 Å². The van der Waals surface area contributed by atoms with Crippen LogP contribution >= 0.6 is 11.8 Å². The Balaban J connectivity index is 1.84. The molecule has 1 aromatic rings. The number of carbonyl (C=O) groups is 3. The fourth-order valence-electron chi connectivity index (χ4n) is 3.81. The molecule has 2 atom stereocenters. The molecular weight excluding hydrogens is 440 g/mol. The number of nitrogens with two attached hydrogens (primary N) is 1. The summed E-state index contributed by atoms with van der Waals surface area (Å²) in [7, 11) is 1.61. The van der Waals surface area contributed by atoms with Crippen molar-refractivity contribution in [2.45, 2.75) is 51.7 Å². The standard InChI is InChI=1S/C24H38N4O4S/c1-16(2)21(23(30)26-15-17-5-7-19(32-3)8-6-17)27-22(29)18-9-12-28(13-10-18)24(31)20(25)11-14-33-4/h5-8,16,18,20-21H,9-15,25H2,1-4H3,(H,26,30)(H,27,29)/t20-,21+/m0/s1. The largest absolute Gasteiger partial charge is 0.497 e. The highest BCUT2D eigenvalue weighted by atomic mass is 32.2. The van der Waals surface area contributed by atoms with Crippen molar-refractivity contribution in [1.29, 1.82) is 0 Å². The molecule has 2 rings (SSSR count). The lowest BCUT2D eigenvalue weighted by molar-refractivity contribution is -0.137. The Morgan fingerprint density at radius 1 is 1.18 bits per heavy atom. The Kier molecular flexibility index (Phi) is 11.0. The highest BCUT2D eigenvalue weighted by Gasteiger charge is 2.32. The topological polar surface area (TPSA) is 114 Å². The first-order valence-corrected chi connectivity index (χ1v) is 12.9. The van der Waals surface area contributed by atoms with E-state index in [0.29, 0.717) is 38.9 Å². The first kappa shape index (κ1) is 27.0. The second-order valence-electron chi connectivity index (χ2n) is 8.78. The Hall–Kier alpha value is -2.26. The summed E-state index contributed by atoms with van der Waals surface area (Å²) in [5, 5.41) is 5.85. The van der Waals surface area contributed by atoms with Crippen molar-refractivity contribution in [3.63, 3.8) is 0 Å². The third-order valence-electron chi connectivity index (χ3n) is 6.00. The van der Waals surface area contributed by atoms with Gasteiger partial charge >= 0.3 is 0 Å². The molecule has 33 heavy (non-hydrogen) atoms. The van der Waals surface area contributed by atoms with Crippen LogP contribution in [0.2, 0.25) is 0 Å². The first-order chi connectivity index (χ1) is 15.8. The molecule has 0 spiro atoms. The SMILES string of the molecule is COc1ccc(CNC(=O)[C@H](NC(=O)C2CCN(C(=O)[C@@H](N)CCSC)CC2)C(C)C)cc1. The molecule has 1 heterocycles. The van der Waals surface area contributed by atoms with Crippen LogP contribution in [0.15, 0.2) is 24.3 Å². The van der Waals surface area contributed by atoms with Crippen LogP contribution in [0.3, 0.4) is 0 Å². The zero-order valence-electron chi connectivity index (χ0n) is 20.1. The van der Waals surface area contributed by atoms with E-state index in [4.69, 9.17) is 10.5 Å². The van der Waals surface area contributed by atoms with E-state index in [-0.39, 0.29) is 29.6 Å². The van der Waals surface area contributed by atoms with Crippen molar-refractivity contribution in [1.82, 2.24) is 15.5 Å². The Labute approximate surface area is 201 Å². The number of likely N-dealkylation sites (tertiary alicyclic amines) is 1. The van der Waals surface area contributed by atoms with Crippen molar-refractivity contribution >= 4 is 29.5 Å². The summed E-state index contributed by atoms with van der Waals surface area (Å²) >= 11 is 1.67. The molecule has 0 radical (unpaired) electrons. The summed E-state index contributed by atoms with van der Waals surface area (Å²) in [6.45, 7) is 5.23. The van der Waals surface area contributed by atoms with Gasteiger partial charge in [-0.3, -0.25) is 14.4 Å². The fourth-order valence-corrected chi connectivity index (χ4v) is 4.30. The van der Waals surface area contributed by atoms with Gasteiger partial charge in [0.15, 0.2) is 0 Å². The number of benzene rings is 1. The third kappa shape index (κ3) is 8.23. The lowest BCUT2D eigenvalue weighted by Gasteiger charge is -2.33. The molecule has 0 bridgehead atoms. The smallest absolute Gasteiger partial charge is 0.243 e.